The lowest BCUT2D eigenvalue weighted by Crippen LogP contribution is -2.75. The maximum absolute atomic E-state index is 12.3. The van der Waals surface area contributed by atoms with Gasteiger partial charge in [-0.1, -0.05) is 6.92 Å². The molecule has 13 atom stereocenters. The average Bonchev–Trinajstić information content (AvgIpc) is 3.14. The van der Waals surface area contributed by atoms with Crippen LogP contribution in [0, 0.1) is 35.0 Å². The molecule has 28 heavy (non-hydrogen) atoms. The zero-order valence-electron chi connectivity index (χ0n) is 17.1. The first-order valence-corrected chi connectivity index (χ1v) is 11.3. The van der Waals surface area contributed by atoms with E-state index in [1.807, 2.05) is 0 Å². The van der Waals surface area contributed by atoms with Gasteiger partial charge in [0, 0.05) is 68.7 Å². The first-order valence-electron chi connectivity index (χ1n) is 11.3. The summed E-state index contributed by atoms with van der Waals surface area (Å²) in [7, 11) is 3.58. The van der Waals surface area contributed by atoms with Crippen molar-refractivity contribution in [2.45, 2.75) is 74.3 Å². The molecule has 5 aliphatic carbocycles. The molecular weight excluding hydrogens is 358 g/mol. The molecule has 156 valence electrons. The summed E-state index contributed by atoms with van der Waals surface area (Å²) in [6.07, 6.45) is 3.41. The molecule has 6 heteroatoms. The lowest BCUT2D eigenvalue weighted by molar-refractivity contribution is -0.254. The highest BCUT2D eigenvalue weighted by Gasteiger charge is 2.88. The molecule has 0 unspecified atom stereocenters. The molecule has 0 aromatic heterocycles. The van der Waals surface area contributed by atoms with Crippen LogP contribution in [0.4, 0.5) is 0 Å². The van der Waals surface area contributed by atoms with Crippen LogP contribution in [-0.4, -0.2) is 84.1 Å². The number of piperidine rings is 1. The number of aliphatic hydroxyl groups excluding tert-OH is 1. The molecule has 7 rings (SSSR count). The highest BCUT2D eigenvalue weighted by atomic mass is 16.6. The molecule has 2 N–H and O–H groups in total. The monoisotopic (exact) mass is 391 g/mol. The fraction of sp³-hybridized carbons (Fsp3) is 1.00. The van der Waals surface area contributed by atoms with Gasteiger partial charge >= 0.3 is 0 Å². The van der Waals surface area contributed by atoms with E-state index in [0.29, 0.717) is 18.3 Å². The number of fused-ring (bicyclic) bond motifs is 2. The summed E-state index contributed by atoms with van der Waals surface area (Å²) in [6.45, 7) is 4.16. The first kappa shape index (κ1) is 17.4. The number of hydrogen-bond acceptors (Lipinski definition) is 6. The molecule has 0 radical (unpaired) electrons. The summed E-state index contributed by atoms with van der Waals surface area (Å²) in [6, 6.07) is 0.256. The SMILES string of the molecule is CCN1C[C@]23O[C@@H]2C[C@H](O)[C@@]24[C@@H]3C[C@@H]([C@@H]12)[C@@]1(O)C[C@H](OC)[C@H]2C[C@H]4[C@@H]1[C@H]2OC. The Balaban J connectivity index is 1.47. The van der Waals surface area contributed by atoms with Crippen molar-refractivity contribution in [1.29, 1.82) is 0 Å². The number of aliphatic hydroxyl groups is 2. The van der Waals surface area contributed by atoms with Crippen LogP contribution in [0.15, 0.2) is 0 Å². The van der Waals surface area contributed by atoms with Crippen LogP contribution in [0.3, 0.4) is 0 Å². The third-order valence-corrected chi connectivity index (χ3v) is 10.9. The summed E-state index contributed by atoms with van der Waals surface area (Å²) < 4.78 is 18.4. The quantitative estimate of drug-likeness (QED) is 0.688. The number of methoxy groups -OCH3 is 2. The third-order valence-electron chi connectivity index (χ3n) is 10.9. The van der Waals surface area contributed by atoms with Gasteiger partial charge in [0.25, 0.3) is 0 Å². The first-order chi connectivity index (χ1) is 13.5. The molecule has 7 fully saturated rings. The van der Waals surface area contributed by atoms with Crippen molar-refractivity contribution in [3.63, 3.8) is 0 Å². The van der Waals surface area contributed by atoms with Crippen molar-refractivity contribution >= 4 is 0 Å². The van der Waals surface area contributed by atoms with Crippen molar-refractivity contribution < 1.29 is 24.4 Å². The van der Waals surface area contributed by atoms with E-state index in [1.54, 1.807) is 14.2 Å². The van der Waals surface area contributed by atoms with Crippen molar-refractivity contribution in [3.8, 4) is 0 Å². The molecule has 0 aromatic carbocycles. The molecule has 2 heterocycles. The standard InChI is InChI=1S/C22H33NO5/c1-4-23-9-21-14-6-12-19(23)22(14,15(24)7-16(21)28-21)11-5-10-13(26-2)8-20(12,25)17(11)18(10)27-3/h10-19,24-25H,4-9H2,1-3H3/t10-,11+,12+,13+,14-,15+,16-,17-,18+,19-,20+,21-,22-/m1/s1. The summed E-state index contributed by atoms with van der Waals surface area (Å²) >= 11 is 0. The fourth-order valence-corrected chi connectivity index (χ4v) is 10.3. The van der Waals surface area contributed by atoms with Gasteiger partial charge in [0.05, 0.1) is 30.0 Å². The number of likely N-dealkylation sites (tertiary alicyclic amines) is 1. The van der Waals surface area contributed by atoms with Crippen LogP contribution in [0.2, 0.25) is 0 Å². The van der Waals surface area contributed by atoms with E-state index >= 15 is 0 Å². The minimum Gasteiger partial charge on any atom is -0.392 e. The lowest BCUT2D eigenvalue weighted by atomic mass is 9.46. The Morgan fingerprint density at radius 3 is 2.68 bits per heavy atom. The molecule has 0 aromatic rings. The fourth-order valence-electron chi connectivity index (χ4n) is 10.3. The zero-order valence-corrected chi connectivity index (χ0v) is 17.1. The number of nitrogens with zero attached hydrogens (tertiary/aromatic N) is 1. The van der Waals surface area contributed by atoms with Gasteiger partial charge in [-0.3, -0.25) is 4.90 Å². The minimum atomic E-state index is -0.769. The van der Waals surface area contributed by atoms with Gasteiger partial charge < -0.3 is 24.4 Å². The Morgan fingerprint density at radius 2 is 1.96 bits per heavy atom. The molecule has 2 aliphatic heterocycles. The molecule has 7 aliphatic rings. The van der Waals surface area contributed by atoms with Crippen LogP contribution >= 0.6 is 0 Å². The predicted molar refractivity (Wildman–Crippen MR) is 99.5 cm³/mol. The van der Waals surface area contributed by atoms with Gasteiger partial charge in [-0.05, 0) is 25.3 Å². The van der Waals surface area contributed by atoms with Gasteiger partial charge in [0.2, 0.25) is 0 Å². The Hall–Kier alpha value is -0.240. The molecule has 2 spiro atoms. The summed E-state index contributed by atoms with van der Waals surface area (Å²) in [4.78, 5) is 2.57. The maximum atomic E-state index is 12.3. The highest BCUT2D eigenvalue weighted by Crippen LogP contribution is 2.80. The third kappa shape index (κ3) is 1.50. The van der Waals surface area contributed by atoms with E-state index in [-0.39, 0.29) is 59.2 Å². The van der Waals surface area contributed by atoms with E-state index in [2.05, 4.69) is 11.8 Å². The summed E-state index contributed by atoms with van der Waals surface area (Å²) in [5.41, 5.74) is -0.997. The van der Waals surface area contributed by atoms with Crippen LogP contribution in [0.25, 0.3) is 0 Å². The number of likely N-dealkylation sites (N-methyl/N-ethyl adjacent to an activating group) is 1. The largest absolute Gasteiger partial charge is 0.392 e. The smallest absolute Gasteiger partial charge is 0.111 e. The molecule has 7 bridgehead atoms. The Labute approximate surface area is 166 Å². The van der Waals surface area contributed by atoms with Crippen LogP contribution < -0.4 is 0 Å². The van der Waals surface area contributed by atoms with Gasteiger partial charge in [0.15, 0.2) is 0 Å². The molecular formula is C22H33NO5. The number of ether oxygens (including phenoxy) is 3. The highest BCUT2D eigenvalue weighted by molar-refractivity contribution is 5.37. The molecule has 6 nitrogen and oxygen atoms in total. The van der Waals surface area contributed by atoms with Crippen molar-refractivity contribution in [3.05, 3.63) is 0 Å². The summed E-state index contributed by atoms with van der Waals surface area (Å²) in [5.74, 6) is 1.26. The van der Waals surface area contributed by atoms with Crippen molar-refractivity contribution in [2.75, 3.05) is 27.3 Å². The zero-order chi connectivity index (χ0) is 19.2. The predicted octanol–water partition coefficient (Wildman–Crippen LogP) is 0.646. The second kappa shape index (κ2) is 4.97. The Morgan fingerprint density at radius 1 is 1.14 bits per heavy atom. The van der Waals surface area contributed by atoms with Crippen LogP contribution in [-0.2, 0) is 14.2 Å². The molecule has 5 saturated carbocycles. The Kier molecular flexibility index (Phi) is 3.10. The Bertz CT molecular complexity index is 734. The van der Waals surface area contributed by atoms with Crippen LogP contribution in [0.1, 0.15) is 32.6 Å². The van der Waals surface area contributed by atoms with Gasteiger partial charge in [-0.25, -0.2) is 0 Å². The van der Waals surface area contributed by atoms with E-state index in [1.165, 1.54) is 0 Å². The topological polar surface area (TPSA) is 74.7 Å². The molecule has 0 amide bonds. The number of hydrogen-bond donors (Lipinski definition) is 2. The second-order valence-electron chi connectivity index (χ2n) is 10.9. The minimum absolute atomic E-state index is 0.0308. The van der Waals surface area contributed by atoms with E-state index in [4.69, 9.17) is 14.2 Å². The number of epoxide rings is 1. The normalized spacial score (nSPS) is 68.0. The van der Waals surface area contributed by atoms with Gasteiger partial charge in [0.1, 0.15) is 5.60 Å². The van der Waals surface area contributed by atoms with E-state index in [9.17, 15) is 10.2 Å². The lowest BCUT2D eigenvalue weighted by Gasteiger charge is -2.65. The molecule has 2 saturated heterocycles. The van der Waals surface area contributed by atoms with Crippen molar-refractivity contribution in [1.82, 2.24) is 4.90 Å². The second-order valence-corrected chi connectivity index (χ2v) is 10.9. The van der Waals surface area contributed by atoms with Gasteiger partial charge in [-0.2, -0.15) is 0 Å². The van der Waals surface area contributed by atoms with E-state index < -0.39 is 5.60 Å². The average molecular weight is 392 g/mol. The number of rotatable bonds is 3. The maximum Gasteiger partial charge on any atom is 0.111 e. The summed E-state index contributed by atoms with van der Waals surface area (Å²) in [5, 5.41) is 24.0. The van der Waals surface area contributed by atoms with E-state index in [0.717, 1.165) is 32.4 Å². The van der Waals surface area contributed by atoms with Gasteiger partial charge in [-0.15, -0.1) is 0 Å². The van der Waals surface area contributed by atoms with Crippen LogP contribution in [0.5, 0.6) is 0 Å². The van der Waals surface area contributed by atoms with Crippen molar-refractivity contribution in [2.24, 2.45) is 35.0 Å².